The summed E-state index contributed by atoms with van der Waals surface area (Å²) in [5, 5.41) is 0. The van der Waals surface area contributed by atoms with Crippen LogP contribution < -0.4 is 0 Å². The molecular weight excluding hydrogens is 268 g/mol. The fourth-order valence-corrected chi connectivity index (χ4v) is 7.72. The molecule has 4 heteroatoms. The lowest BCUT2D eigenvalue weighted by molar-refractivity contribution is 0.0429. The van der Waals surface area contributed by atoms with Crippen LogP contribution in [0.4, 0.5) is 0 Å². The third-order valence-corrected chi connectivity index (χ3v) is 8.15. The van der Waals surface area contributed by atoms with Crippen molar-refractivity contribution in [3.05, 3.63) is 0 Å². The van der Waals surface area contributed by atoms with Crippen LogP contribution in [0.3, 0.4) is 0 Å². The molecule has 2 aliphatic rings. The number of fused-ring (bicyclic) bond motifs is 2. The molecule has 2 fully saturated rings. The van der Waals surface area contributed by atoms with Gasteiger partial charge in [0, 0.05) is 25.4 Å². The van der Waals surface area contributed by atoms with Crippen molar-refractivity contribution in [1.29, 1.82) is 0 Å². The van der Waals surface area contributed by atoms with Crippen LogP contribution in [0.1, 0.15) is 65.7 Å². The fourth-order valence-electron chi connectivity index (χ4n) is 3.86. The van der Waals surface area contributed by atoms with Crippen LogP contribution in [-0.4, -0.2) is 28.6 Å². The topological polar surface area (TPSA) is 27.7 Å². The molecule has 0 amide bonds. The molecule has 2 bridgehead atoms. The molecule has 0 aromatic heterocycles. The molecule has 0 aromatic rings. The molecule has 2 saturated carbocycles. The zero-order chi connectivity index (χ0) is 14.4. The maximum absolute atomic E-state index is 6.31. The summed E-state index contributed by atoms with van der Waals surface area (Å²) in [6, 6.07) is 0. The van der Waals surface area contributed by atoms with Gasteiger partial charge in [-0.1, -0.05) is 27.2 Å². The van der Waals surface area contributed by atoms with E-state index in [0.29, 0.717) is 5.54 Å². The third kappa shape index (κ3) is 3.64. The fraction of sp³-hybridized carbons (Fsp3) is 1.00. The largest absolute Gasteiger partial charge is 0.504 e. The normalized spacial score (nSPS) is 29.2. The van der Waals surface area contributed by atoms with Gasteiger partial charge in [-0.3, -0.25) is 0 Å². The van der Waals surface area contributed by atoms with E-state index in [-0.39, 0.29) is 0 Å². The minimum Gasteiger partial charge on any atom is -0.373 e. The van der Waals surface area contributed by atoms with E-state index >= 15 is 0 Å². The van der Waals surface area contributed by atoms with Gasteiger partial charge in [-0.15, -0.1) is 0 Å². The average molecular weight is 301 g/mol. The van der Waals surface area contributed by atoms with Crippen molar-refractivity contribution in [2.45, 2.75) is 71.3 Å². The number of hydrogen-bond donors (Lipinski definition) is 0. The molecule has 0 aliphatic heterocycles. The van der Waals surface area contributed by atoms with Crippen molar-refractivity contribution >= 4 is 8.80 Å². The molecule has 2 aliphatic carbocycles. The van der Waals surface area contributed by atoms with E-state index in [1.165, 1.54) is 25.7 Å². The Morgan fingerprint density at radius 2 is 1.35 bits per heavy atom. The zero-order valence-electron chi connectivity index (χ0n) is 13.5. The van der Waals surface area contributed by atoms with Gasteiger partial charge in [0.1, 0.15) is 0 Å². The summed E-state index contributed by atoms with van der Waals surface area (Å²) in [7, 11) is -2.48. The Labute approximate surface area is 125 Å². The Balaban J connectivity index is 2.09. The van der Waals surface area contributed by atoms with Gasteiger partial charge < -0.3 is 13.3 Å². The lowest BCUT2D eigenvalue weighted by atomic mass is 10.0. The SMILES string of the molecule is CCCO[Si](OCCC)(OCCC)C1CC2CCC1C2. The van der Waals surface area contributed by atoms with Crippen LogP contribution in [0, 0.1) is 11.8 Å². The summed E-state index contributed by atoms with van der Waals surface area (Å²) in [5.41, 5.74) is 0.575. The van der Waals surface area contributed by atoms with E-state index in [2.05, 4.69) is 20.8 Å². The van der Waals surface area contributed by atoms with Gasteiger partial charge in [0.2, 0.25) is 0 Å². The van der Waals surface area contributed by atoms with E-state index in [1.807, 2.05) is 0 Å². The molecule has 0 N–H and O–H groups in total. The quantitative estimate of drug-likeness (QED) is 0.560. The van der Waals surface area contributed by atoms with Gasteiger partial charge in [0.25, 0.3) is 0 Å². The highest BCUT2D eigenvalue weighted by Crippen LogP contribution is 2.56. The van der Waals surface area contributed by atoms with Crippen molar-refractivity contribution in [2.24, 2.45) is 11.8 Å². The first-order valence-electron chi connectivity index (χ1n) is 8.67. The summed E-state index contributed by atoms with van der Waals surface area (Å²) in [5.74, 6) is 1.72. The predicted octanol–water partition coefficient (Wildman–Crippen LogP) is 4.40. The van der Waals surface area contributed by atoms with Gasteiger partial charge in [0.05, 0.1) is 0 Å². The first-order chi connectivity index (χ1) is 9.75. The Morgan fingerprint density at radius 3 is 1.70 bits per heavy atom. The minimum absolute atomic E-state index is 0.575. The van der Waals surface area contributed by atoms with Crippen molar-refractivity contribution < 1.29 is 13.3 Å². The van der Waals surface area contributed by atoms with Gasteiger partial charge >= 0.3 is 8.80 Å². The highest BCUT2D eigenvalue weighted by molar-refractivity contribution is 6.62. The molecule has 3 nitrogen and oxygen atoms in total. The molecule has 0 aromatic carbocycles. The van der Waals surface area contributed by atoms with Gasteiger partial charge in [-0.2, -0.15) is 0 Å². The van der Waals surface area contributed by atoms with Crippen molar-refractivity contribution in [2.75, 3.05) is 19.8 Å². The average Bonchev–Trinajstić information content (AvgIpc) is 3.10. The van der Waals surface area contributed by atoms with Crippen LogP contribution in [-0.2, 0) is 13.3 Å². The summed E-state index contributed by atoms with van der Waals surface area (Å²) < 4.78 is 18.9. The van der Waals surface area contributed by atoms with Gasteiger partial charge in [-0.05, 0) is 50.4 Å². The van der Waals surface area contributed by atoms with E-state index in [9.17, 15) is 0 Å². The lowest BCUT2D eigenvalue weighted by Gasteiger charge is -2.38. The third-order valence-electron chi connectivity index (χ3n) is 4.71. The zero-order valence-corrected chi connectivity index (χ0v) is 14.5. The van der Waals surface area contributed by atoms with E-state index < -0.39 is 8.80 Å². The molecule has 0 spiro atoms. The Morgan fingerprint density at radius 1 is 0.800 bits per heavy atom. The second kappa shape index (κ2) is 7.92. The van der Waals surface area contributed by atoms with Crippen LogP contribution in [0.25, 0.3) is 0 Å². The minimum atomic E-state index is -2.48. The summed E-state index contributed by atoms with van der Waals surface area (Å²) in [6.07, 6.45) is 8.58. The Kier molecular flexibility index (Phi) is 6.52. The second-order valence-electron chi connectivity index (χ2n) is 6.43. The monoisotopic (exact) mass is 300 g/mol. The van der Waals surface area contributed by atoms with E-state index in [1.54, 1.807) is 0 Å². The first-order valence-corrected chi connectivity index (χ1v) is 10.5. The van der Waals surface area contributed by atoms with Crippen molar-refractivity contribution in [3.8, 4) is 0 Å². The number of hydrogen-bond acceptors (Lipinski definition) is 3. The second-order valence-corrected chi connectivity index (χ2v) is 9.25. The Bertz CT molecular complexity index is 263. The smallest absolute Gasteiger partial charge is 0.373 e. The molecule has 0 saturated heterocycles. The van der Waals surface area contributed by atoms with Gasteiger partial charge in [0.15, 0.2) is 0 Å². The van der Waals surface area contributed by atoms with Crippen molar-refractivity contribution in [1.82, 2.24) is 0 Å². The number of rotatable bonds is 10. The molecule has 3 unspecified atom stereocenters. The summed E-state index contributed by atoms with van der Waals surface area (Å²) >= 11 is 0. The standard InChI is InChI=1S/C16H32O3Si/c1-4-9-17-20(18-10-5-2,19-11-6-3)16-13-14-7-8-15(16)12-14/h14-16H,4-13H2,1-3H3. The van der Waals surface area contributed by atoms with Gasteiger partial charge in [-0.25, -0.2) is 0 Å². The molecule has 0 radical (unpaired) electrons. The van der Waals surface area contributed by atoms with Crippen LogP contribution >= 0.6 is 0 Å². The van der Waals surface area contributed by atoms with Crippen LogP contribution in [0.2, 0.25) is 5.54 Å². The predicted molar refractivity (Wildman–Crippen MR) is 83.7 cm³/mol. The Hall–Kier alpha value is 0.0969. The molecule has 3 atom stereocenters. The maximum Gasteiger partial charge on any atom is 0.504 e. The maximum atomic E-state index is 6.31. The van der Waals surface area contributed by atoms with E-state index in [0.717, 1.165) is 50.9 Å². The molecule has 118 valence electrons. The molecule has 0 heterocycles. The summed E-state index contributed by atoms with van der Waals surface area (Å²) in [6.45, 7) is 8.85. The molecule has 2 rings (SSSR count). The molecule has 20 heavy (non-hydrogen) atoms. The first kappa shape index (κ1) is 16.5. The molecular formula is C16H32O3Si. The summed E-state index contributed by atoms with van der Waals surface area (Å²) in [4.78, 5) is 0. The van der Waals surface area contributed by atoms with Crippen LogP contribution in [0.15, 0.2) is 0 Å². The van der Waals surface area contributed by atoms with Crippen LogP contribution in [0.5, 0.6) is 0 Å². The highest BCUT2D eigenvalue weighted by atomic mass is 28.4. The highest BCUT2D eigenvalue weighted by Gasteiger charge is 2.58. The lowest BCUT2D eigenvalue weighted by Crippen LogP contribution is -2.52. The van der Waals surface area contributed by atoms with E-state index in [4.69, 9.17) is 13.3 Å². The van der Waals surface area contributed by atoms with Crippen molar-refractivity contribution in [3.63, 3.8) is 0 Å².